The first-order valence-electron chi connectivity index (χ1n) is 0. The summed E-state index contributed by atoms with van der Waals surface area (Å²) < 4.78 is 0. The van der Waals surface area contributed by atoms with Gasteiger partial charge in [-0.1, -0.05) is 0 Å². The fourth-order valence-corrected chi connectivity index (χ4v) is 0. The molecule has 0 amide bonds. The smallest absolute Gasteiger partial charge is 2.00 e. The molecule has 0 N–H and O–H groups in total. The molecular formula is CuFe2O3. The van der Waals surface area contributed by atoms with Crippen LogP contribution in [0.4, 0.5) is 0 Å². The Bertz CT molecular complexity index is 8.75. The van der Waals surface area contributed by atoms with Gasteiger partial charge in [-0.25, -0.2) is 0 Å². The maximum absolute atomic E-state index is 0. The molecule has 0 rings (SSSR count). The van der Waals surface area contributed by atoms with Gasteiger partial charge in [0, 0.05) is 0 Å². The topological polar surface area (TPSA) is 85.5 Å². The molecule has 6 heavy (non-hydrogen) atoms. The predicted octanol–water partition coefficient (Wildman–Crippen LogP) is -0.364. The van der Waals surface area contributed by atoms with Gasteiger partial charge < -0.3 is 16.4 Å². The Labute approximate surface area is 67.6 Å². The zero-order chi connectivity index (χ0) is 0. The summed E-state index contributed by atoms with van der Waals surface area (Å²) in [7, 11) is 0. The minimum Gasteiger partial charge on any atom is -2.00 e. The molecule has 0 heterocycles. The van der Waals surface area contributed by atoms with E-state index in [9.17, 15) is 0 Å². The fraction of sp³-hybridized carbons (Fsp3) is 0. The van der Waals surface area contributed by atoms with Crippen molar-refractivity contribution < 1.29 is 67.6 Å². The quantitative estimate of drug-likeness (QED) is 0.502. The van der Waals surface area contributed by atoms with Gasteiger partial charge in [0.05, 0.1) is 0 Å². The zero-order valence-electron chi connectivity index (χ0n) is 2.23. The third kappa shape index (κ3) is 51.8. The van der Waals surface area contributed by atoms with Crippen LogP contribution in [0.3, 0.4) is 0 Å². The average Bonchev–Trinajstić information content (AvgIpc) is 0. The van der Waals surface area contributed by atoms with E-state index in [0.29, 0.717) is 0 Å². The van der Waals surface area contributed by atoms with Crippen LogP contribution in [0.15, 0.2) is 0 Å². The Morgan fingerprint density at radius 1 is 0.500 bits per heavy atom. The molecule has 0 fully saturated rings. The molecule has 0 aliphatic rings. The Morgan fingerprint density at radius 3 is 0.500 bits per heavy atom. The van der Waals surface area contributed by atoms with Gasteiger partial charge in [-0.2, -0.15) is 0 Å². The van der Waals surface area contributed by atoms with Crippen molar-refractivity contribution >= 4 is 0 Å². The van der Waals surface area contributed by atoms with Crippen molar-refractivity contribution in [2.45, 2.75) is 0 Å². The summed E-state index contributed by atoms with van der Waals surface area (Å²) in [5, 5.41) is 0. The molecule has 0 aliphatic carbocycles. The fourth-order valence-electron chi connectivity index (χ4n) is 0. The normalized spacial score (nSPS) is 0. The first-order chi connectivity index (χ1) is 0. The maximum atomic E-state index is 0. The SMILES string of the molecule is [Cu+2].[Fe+2].[Fe+2].[O-2].[O-2].[O-2]. The molecule has 0 atom stereocenters. The van der Waals surface area contributed by atoms with Crippen molar-refractivity contribution in [3.05, 3.63) is 0 Å². The third-order valence-electron chi connectivity index (χ3n) is 0. The van der Waals surface area contributed by atoms with Gasteiger partial charge >= 0.3 is 51.2 Å². The molecule has 45 valence electrons. The average molecular weight is 223 g/mol. The summed E-state index contributed by atoms with van der Waals surface area (Å²) in [6.07, 6.45) is 0. The van der Waals surface area contributed by atoms with E-state index >= 15 is 0 Å². The second kappa shape index (κ2) is 92.0. The summed E-state index contributed by atoms with van der Waals surface area (Å²) in [6.45, 7) is 0. The van der Waals surface area contributed by atoms with Gasteiger partial charge in [-0.05, 0) is 0 Å². The van der Waals surface area contributed by atoms with Crippen LogP contribution >= 0.6 is 0 Å². The van der Waals surface area contributed by atoms with Gasteiger partial charge in [0.2, 0.25) is 0 Å². The number of hydrogen-bond donors (Lipinski definition) is 0. The molecule has 0 aromatic carbocycles. The Hall–Kier alpha value is 1.44. The molecule has 0 spiro atoms. The molecule has 0 unspecified atom stereocenters. The van der Waals surface area contributed by atoms with Crippen LogP contribution in [0, 0.1) is 0 Å². The standard InChI is InChI=1S/Cu.2Fe.3O/q3*+2;3*-2. The molecule has 1 radical (unpaired) electrons. The summed E-state index contributed by atoms with van der Waals surface area (Å²) in [5.41, 5.74) is 0. The van der Waals surface area contributed by atoms with Crippen LogP contribution in [-0.4, -0.2) is 0 Å². The Balaban J connectivity index is 0. The molecule has 0 saturated heterocycles. The first-order valence-corrected chi connectivity index (χ1v) is 0. The minimum atomic E-state index is 0. The molecule has 3 nitrogen and oxygen atoms in total. The van der Waals surface area contributed by atoms with Crippen LogP contribution in [0.5, 0.6) is 0 Å². The second-order valence-electron chi connectivity index (χ2n) is 0. The monoisotopic (exact) mass is 223 g/mol. The third-order valence-corrected chi connectivity index (χ3v) is 0. The zero-order valence-corrected chi connectivity index (χ0v) is 5.38. The van der Waals surface area contributed by atoms with Gasteiger partial charge in [0.25, 0.3) is 0 Å². The number of hydrogen-bond acceptors (Lipinski definition) is 0. The van der Waals surface area contributed by atoms with E-state index in [0.717, 1.165) is 0 Å². The van der Waals surface area contributed by atoms with Gasteiger partial charge in [0.15, 0.2) is 0 Å². The largest absolute Gasteiger partial charge is 2.00 e. The van der Waals surface area contributed by atoms with Gasteiger partial charge in [0.1, 0.15) is 0 Å². The van der Waals surface area contributed by atoms with E-state index in [-0.39, 0.29) is 67.6 Å². The van der Waals surface area contributed by atoms with Crippen molar-refractivity contribution in [2.75, 3.05) is 0 Å². The first kappa shape index (κ1) is 149. The molecule has 6 heteroatoms. The number of rotatable bonds is 0. The van der Waals surface area contributed by atoms with Crippen LogP contribution in [0.2, 0.25) is 0 Å². The van der Waals surface area contributed by atoms with Crippen molar-refractivity contribution in [3.63, 3.8) is 0 Å². The van der Waals surface area contributed by atoms with E-state index < -0.39 is 0 Å². The summed E-state index contributed by atoms with van der Waals surface area (Å²) in [6, 6.07) is 0. The van der Waals surface area contributed by atoms with E-state index in [1.165, 1.54) is 0 Å². The van der Waals surface area contributed by atoms with Crippen molar-refractivity contribution in [1.82, 2.24) is 0 Å². The van der Waals surface area contributed by atoms with Crippen molar-refractivity contribution in [1.29, 1.82) is 0 Å². The van der Waals surface area contributed by atoms with E-state index in [2.05, 4.69) is 0 Å². The van der Waals surface area contributed by atoms with Crippen molar-refractivity contribution in [2.24, 2.45) is 0 Å². The van der Waals surface area contributed by atoms with Crippen molar-refractivity contribution in [3.8, 4) is 0 Å². The van der Waals surface area contributed by atoms with Crippen LogP contribution < -0.4 is 0 Å². The van der Waals surface area contributed by atoms with Gasteiger partial charge in [-0.15, -0.1) is 0 Å². The van der Waals surface area contributed by atoms with E-state index in [4.69, 9.17) is 0 Å². The molecule has 0 aromatic heterocycles. The van der Waals surface area contributed by atoms with Crippen LogP contribution in [0.1, 0.15) is 0 Å². The van der Waals surface area contributed by atoms with Gasteiger partial charge in [-0.3, -0.25) is 0 Å². The molecule has 0 bridgehead atoms. The molecule has 0 aliphatic heterocycles. The molecular weight excluding hydrogens is 223 g/mol. The Morgan fingerprint density at radius 2 is 0.500 bits per heavy atom. The Kier molecular flexibility index (Phi) is 2290. The summed E-state index contributed by atoms with van der Waals surface area (Å²) in [5.74, 6) is 0. The maximum Gasteiger partial charge on any atom is 2.00 e. The van der Waals surface area contributed by atoms with Crippen LogP contribution in [0.25, 0.3) is 0 Å². The predicted molar refractivity (Wildman–Crippen MR) is 2.06 cm³/mol. The van der Waals surface area contributed by atoms with E-state index in [1.54, 1.807) is 0 Å². The van der Waals surface area contributed by atoms with Crippen LogP contribution in [-0.2, 0) is 67.6 Å². The minimum absolute atomic E-state index is 0. The second-order valence-corrected chi connectivity index (χ2v) is 0. The molecule has 0 aromatic rings. The molecule has 0 saturated carbocycles. The summed E-state index contributed by atoms with van der Waals surface area (Å²) in [4.78, 5) is 0. The van der Waals surface area contributed by atoms with E-state index in [1.807, 2.05) is 0 Å². The summed E-state index contributed by atoms with van der Waals surface area (Å²) >= 11 is 0.